The van der Waals surface area contributed by atoms with Crippen LogP contribution in [0.3, 0.4) is 0 Å². The Morgan fingerprint density at radius 2 is 1.94 bits per heavy atom. The molecule has 0 unspecified atom stereocenters. The van der Waals surface area contributed by atoms with Crippen LogP contribution in [0.5, 0.6) is 0 Å². The van der Waals surface area contributed by atoms with Gasteiger partial charge in [-0.3, -0.25) is 4.79 Å². The molecule has 1 aliphatic carbocycles. The van der Waals surface area contributed by atoms with Crippen molar-refractivity contribution in [2.24, 2.45) is 0 Å². The molecular formula is C14H18ClNO2. The van der Waals surface area contributed by atoms with Crippen LogP contribution in [0, 0.1) is 0 Å². The molecule has 0 radical (unpaired) electrons. The van der Waals surface area contributed by atoms with Crippen molar-refractivity contribution in [2.75, 3.05) is 5.32 Å². The Morgan fingerprint density at radius 3 is 2.61 bits per heavy atom. The second-order valence-electron chi connectivity index (χ2n) is 4.69. The highest BCUT2D eigenvalue weighted by Gasteiger charge is 2.27. The first-order chi connectivity index (χ1) is 8.65. The van der Waals surface area contributed by atoms with Gasteiger partial charge in [-0.2, -0.15) is 0 Å². The van der Waals surface area contributed by atoms with Gasteiger partial charge < -0.3 is 10.1 Å². The molecule has 0 saturated heterocycles. The Morgan fingerprint density at radius 1 is 1.28 bits per heavy atom. The predicted octanol–water partition coefficient (Wildman–Crippen LogP) is 3.63. The zero-order valence-electron chi connectivity index (χ0n) is 10.5. The maximum absolute atomic E-state index is 11.1. The van der Waals surface area contributed by atoms with Gasteiger partial charge in [0.25, 0.3) is 0 Å². The molecule has 0 amide bonds. The molecule has 1 N–H and O–H groups in total. The number of hydrogen-bond donors (Lipinski definition) is 1. The Kier molecular flexibility index (Phi) is 4.48. The Labute approximate surface area is 112 Å². The molecule has 0 heterocycles. The first-order valence-electron chi connectivity index (χ1n) is 6.34. The summed E-state index contributed by atoms with van der Waals surface area (Å²) in [5, 5.41) is 4.15. The number of carbonyl (C=O) groups is 1. The second-order valence-corrected chi connectivity index (χ2v) is 5.13. The summed E-state index contributed by atoms with van der Waals surface area (Å²) in [4.78, 5) is 11.1. The van der Waals surface area contributed by atoms with Gasteiger partial charge in [0.15, 0.2) is 0 Å². The molecule has 2 atom stereocenters. The van der Waals surface area contributed by atoms with Crippen molar-refractivity contribution in [1.82, 2.24) is 0 Å². The quantitative estimate of drug-likeness (QED) is 0.850. The lowest BCUT2D eigenvalue weighted by Gasteiger charge is -2.32. The van der Waals surface area contributed by atoms with Gasteiger partial charge in [0.05, 0.1) is 6.04 Å². The standard InChI is InChI=1S/C14H18ClNO2/c1-10(17)18-14-5-3-2-4-13(14)16-12-8-6-11(15)7-9-12/h6-9,13-14,16H,2-5H2,1H3/t13-,14-/m1/s1. The monoisotopic (exact) mass is 267 g/mol. The van der Waals surface area contributed by atoms with Crippen LogP contribution in [0.25, 0.3) is 0 Å². The fraction of sp³-hybridized carbons (Fsp3) is 0.500. The van der Waals surface area contributed by atoms with Gasteiger partial charge in [-0.05, 0) is 43.5 Å². The van der Waals surface area contributed by atoms with E-state index in [9.17, 15) is 4.79 Å². The summed E-state index contributed by atoms with van der Waals surface area (Å²) in [5.74, 6) is -0.204. The lowest BCUT2D eigenvalue weighted by Crippen LogP contribution is -2.39. The van der Waals surface area contributed by atoms with E-state index < -0.39 is 0 Å². The SMILES string of the molecule is CC(=O)O[C@@H]1CCCC[C@H]1Nc1ccc(Cl)cc1. The molecule has 1 fully saturated rings. The highest BCUT2D eigenvalue weighted by Crippen LogP contribution is 2.25. The number of nitrogens with one attached hydrogen (secondary N) is 1. The van der Waals surface area contributed by atoms with E-state index in [1.807, 2.05) is 24.3 Å². The van der Waals surface area contributed by atoms with Crippen LogP contribution in [0.2, 0.25) is 5.02 Å². The van der Waals surface area contributed by atoms with Crippen molar-refractivity contribution in [2.45, 2.75) is 44.8 Å². The van der Waals surface area contributed by atoms with Gasteiger partial charge in [-0.15, -0.1) is 0 Å². The van der Waals surface area contributed by atoms with E-state index in [4.69, 9.17) is 16.3 Å². The fourth-order valence-electron chi connectivity index (χ4n) is 2.38. The zero-order valence-corrected chi connectivity index (χ0v) is 11.2. The summed E-state index contributed by atoms with van der Waals surface area (Å²) in [5.41, 5.74) is 1.02. The van der Waals surface area contributed by atoms with Crippen LogP contribution in [-0.2, 0) is 9.53 Å². The molecule has 4 heteroatoms. The Balaban J connectivity index is 2.00. The van der Waals surface area contributed by atoms with E-state index in [2.05, 4.69) is 5.32 Å². The molecule has 2 rings (SSSR count). The maximum atomic E-state index is 11.1. The van der Waals surface area contributed by atoms with Crippen LogP contribution in [0.15, 0.2) is 24.3 Å². The number of hydrogen-bond acceptors (Lipinski definition) is 3. The van der Waals surface area contributed by atoms with Crippen molar-refractivity contribution in [3.8, 4) is 0 Å². The Bertz CT molecular complexity index is 405. The molecule has 1 aromatic carbocycles. The van der Waals surface area contributed by atoms with Crippen LogP contribution >= 0.6 is 11.6 Å². The number of benzene rings is 1. The zero-order chi connectivity index (χ0) is 13.0. The van der Waals surface area contributed by atoms with Gasteiger partial charge in [-0.1, -0.05) is 18.0 Å². The molecule has 0 spiro atoms. The molecule has 98 valence electrons. The summed E-state index contributed by atoms with van der Waals surface area (Å²) < 4.78 is 5.37. The van der Waals surface area contributed by atoms with E-state index >= 15 is 0 Å². The topological polar surface area (TPSA) is 38.3 Å². The second kappa shape index (κ2) is 6.10. The summed E-state index contributed by atoms with van der Waals surface area (Å²) in [6, 6.07) is 7.80. The number of rotatable bonds is 3. The molecule has 1 aromatic rings. The predicted molar refractivity (Wildman–Crippen MR) is 72.9 cm³/mol. The summed E-state index contributed by atoms with van der Waals surface area (Å²) in [6.45, 7) is 1.47. The third-order valence-corrected chi connectivity index (χ3v) is 3.47. The van der Waals surface area contributed by atoms with Crippen molar-refractivity contribution in [3.05, 3.63) is 29.3 Å². The van der Waals surface area contributed by atoms with Crippen molar-refractivity contribution >= 4 is 23.3 Å². The Hall–Kier alpha value is -1.22. The van der Waals surface area contributed by atoms with Crippen molar-refractivity contribution in [1.29, 1.82) is 0 Å². The van der Waals surface area contributed by atoms with Crippen molar-refractivity contribution in [3.63, 3.8) is 0 Å². The van der Waals surface area contributed by atoms with E-state index in [1.165, 1.54) is 13.3 Å². The van der Waals surface area contributed by atoms with Crippen LogP contribution in [0.4, 0.5) is 5.69 Å². The number of ether oxygens (including phenoxy) is 1. The number of carbonyl (C=O) groups excluding carboxylic acids is 1. The van der Waals surface area contributed by atoms with E-state index in [1.54, 1.807) is 0 Å². The number of esters is 1. The summed E-state index contributed by atoms with van der Waals surface area (Å²) >= 11 is 5.85. The molecule has 3 nitrogen and oxygen atoms in total. The third kappa shape index (κ3) is 3.64. The number of halogens is 1. The highest BCUT2D eigenvalue weighted by atomic mass is 35.5. The molecule has 0 aliphatic heterocycles. The summed E-state index contributed by atoms with van der Waals surface area (Å²) in [6.07, 6.45) is 4.23. The lowest BCUT2D eigenvalue weighted by molar-refractivity contribution is -0.148. The normalized spacial score (nSPS) is 23.4. The average Bonchev–Trinajstić information content (AvgIpc) is 2.34. The highest BCUT2D eigenvalue weighted by molar-refractivity contribution is 6.30. The van der Waals surface area contributed by atoms with Gasteiger partial charge >= 0.3 is 5.97 Å². The first-order valence-corrected chi connectivity index (χ1v) is 6.72. The van der Waals surface area contributed by atoms with E-state index in [0.717, 1.165) is 30.0 Å². The minimum atomic E-state index is -0.204. The molecular weight excluding hydrogens is 250 g/mol. The largest absolute Gasteiger partial charge is 0.460 e. The van der Waals surface area contributed by atoms with Crippen LogP contribution < -0.4 is 5.32 Å². The summed E-state index contributed by atoms with van der Waals surface area (Å²) in [7, 11) is 0. The first kappa shape index (κ1) is 13.2. The molecule has 1 aliphatic rings. The number of anilines is 1. The van der Waals surface area contributed by atoms with Gasteiger partial charge in [-0.25, -0.2) is 0 Å². The molecule has 0 bridgehead atoms. The van der Waals surface area contributed by atoms with E-state index in [0.29, 0.717) is 0 Å². The van der Waals surface area contributed by atoms with Crippen molar-refractivity contribution < 1.29 is 9.53 Å². The fourth-order valence-corrected chi connectivity index (χ4v) is 2.50. The van der Waals surface area contributed by atoms with Gasteiger partial charge in [0.2, 0.25) is 0 Å². The van der Waals surface area contributed by atoms with Crippen LogP contribution in [0.1, 0.15) is 32.6 Å². The molecule has 1 saturated carbocycles. The third-order valence-electron chi connectivity index (χ3n) is 3.22. The minimum absolute atomic E-state index is 0.0214. The maximum Gasteiger partial charge on any atom is 0.302 e. The van der Waals surface area contributed by atoms with Crippen LogP contribution in [-0.4, -0.2) is 18.1 Å². The smallest absolute Gasteiger partial charge is 0.302 e. The van der Waals surface area contributed by atoms with Gasteiger partial charge in [0, 0.05) is 17.6 Å². The molecule has 0 aromatic heterocycles. The molecule has 18 heavy (non-hydrogen) atoms. The van der Waals surface area contributed by atoms with Gasteiger partial charge in [0.1, 0.15) is 6.10 Å². The minimum Gasteiger partial charge on any atom is -0.460 e. The van der Waals surface area contributed by atoms with E-state index in [-0.39, 0.29) is 18.1 Å². The lowest BCUT2D eigenvalue weighted by atomic mass is 9.92. The average molecular weight is 268 g/mol.